The summed E-state index contributed by atoms with van der Waals surface area (Å²) in [6.07, 6.45) is 3.73. The van der Waals surface area contributed by atoms with E-state index in [4.69, 9.17) is 34.8 Å². The molecule has 2 amide bonds. The Balaban J connectivity index is 1.48. The van der Waals surface area contributed by atoms with Crippen molar-refractivity contribution in [3.63, 3.8) is 0 Å². The average molecular weight is 528 g/mol. The Morgan fingerprint density at radius 2 is 1.53 bits per heavy atom. The zero-order valence-electron chi connectivity index (χ0n) is 17.7. The third-order valence-electron chi connectivity index (χ3n) is 5.62. The van der Waals surface area contributed by atoms with Gasteiger partial charge in [0.2, 0.25) is 0 Å². The van der Waals surface area contributed by atoms with Gasteiger partial charge in [-0.2, -0.15) is 0 Å². The molecule has 1 aliphatic rings. The van der Waals surface area contributed by atoms with E-state index in [0.717, 1.165) is 39.4 Å². The van der Waals surface area contributed by atoms with Crippen LogP contribution in [0.25, 0.3) is 17.0 Å². The summed E-state index contributed by atoms with van der Waals surface area (Å²) in [4.78, 5) is 27.3. The van der Waals surface area contributed by atoms with Crippen molar-refractivity contribution in [3.05, 3.63) is 110 Å². The molecule has 4 aromatic rings. The second-order valence-electron chi connectivity index (χ2n) is 7.82. The van der Waals surface area contributed by atoms with Crippen LogP contribution in [-0.2, 0) is 17.9 Å². The van der Waals surface area contributed by atoms with E-state index in [-0.39, 0.29) is 17.7 Å². The van der Waals surface area contributed by atoms with Crippen LogP contribution in [0, 0.1) is 0 Å². The van der Waals surface area contributed by atoms with Gasteiger partial charge in [0.1, 0.15) is 0 Å². The molecule has 4 nitrogen and oxygen atoms in total. The van der Waals surface area contributed by atoms with Crippen LogP contribution in [0.5, 0.6) is 0 Å². The van der Waals surface area contributed by atoms with Crippen LogP contribution in [0.15, 0.2) is 77.8 Å². The fourth-order valence-electron chi connectivity index (χ4n) is 3.92. The van der Waals surface area contributed by atoms with Gasteiger partial charge >= 0.3 is 0 Å². The lowest BCUT2D eigenvalue weighted by Crippen LogP contribution is -2.27. The summed E-state index contributed by atoms with van der Waals surface area (Å²) < 4.78 is 2.05. The predicted octanol–water partition coefficient (Wildman–Crippen LogP) is 7.89. The second-order valence-corrected chi connectivity index (χ2v) is 10.1. The van der Waals surface area contributed by atoms with Gasteiger partial charge < -0.3 is 4.57 Å². The number of carbonyl (C=O) groups is 2. The Morgan fingerprint density at radius 1 is 0.824 bits per heavy atom. The highest BCUT2D eigenvalue weighted by Gasteiger charge is 2.35. The summed E-state index contributed by atoms with van der Waals surface area (Å²) in [6, 6.07) is 20.4. The average Bonchev–Trinajstić information content (AvgIpc) is 3.30. The normalized spacial score (nSPS) is 15.1. The molecule has 3 aromatic carbocycles. The Kier molecular flexibility index (Phi) is 6.45. The minimum atomic E-state index is -0.309. The van der Waals surface area contributed by atoms with E-state index in [0.29, 0.717) is 26.5 Å². The van der Waals surface area contributed by atoms with E-state index in [1.54, 1.807) is 18.2 Å². The maximum atomic E-state index is 13.1. The van der Waals surface area contributed by atoms with Crippen molar-refractivity contribution in [2.24, 2.45) is 0 Å². The first kappa shape index (κ1) is 23.1. The molecule has 0 N–H and O–H groups in total. The largest absolute Gasteiger partial charge is 0.342 e. The molecule has 0 unspecified atom stereocenters. The van der Waals surface area contributed by atoms with Gasteiger partial charge in [-0.1, -0.05) is 71.2 Å². The molecule has 1 saturated heterocycles. The molecule has 0 atom stereocenters. The molecule has 0 saturated carbocycles. The number of imide groups is 1. The molecule has 1 aliphatic heterocycles. The quantitative estimate of drug-likeness (QED) is 0.248. The van der Waals surface area contributed by atoms with Crippen LogP contribution < -0.4 is 0 Å². The predicted molar refractivity (Wildman–Crippen MR) is 140 cm³/mol. The first-order valence-electron chi connectivity index (χ1n) is 10.4. The highest BCUT2D eigenvalue weighted by atomic mass is 35.5. The number of amides is 2. The zero-order valence-corrected chi connectivity index (χ0v) is 20.8. The third-order valence-corrected chi connectivity index (χ3v) is 7.49. The highest BCUT2D eigenvalue weighted by Crippen LogP contribution is 2.36. The fourth-order valence-corrected chi connectivity index (χ4v) is 5.40. The van der Waals surface area contributed by atoms with Crippen LogP contribution in [0.4, 0.5) is 4.79 Å². The first-order chi connectivity index (χ1) is 16.4. The highest BCUT2D eigenvalue weighted by molar-refractivity contribution is 8.18. The number of fused-ring (bicyclic) bond motifs is 1. The van der Waals surface area contributed by atoms with Gasteiger partial charge in [-0.05, 0) is 53.7 Å². The van der Waals surface area contributed by atoms with Crippen molar-refractivity contribution < 1.29 is 9.59 Å². The number of carbonyl (C=O) groups excluding carboxylic acids is 2. The van der Waals surface area contributed by atoms with Crippen molar-refractivity contribution in [1.29, 1.82) is 0 Å². The van der Waals surface area contributed by atoms with Crippen LogP contribution in [-0.4, -0.2) is 20.6 Å². The van der Waals surface area contributed by atoms with E-state index in [2.05, 4.69) is 0 Å². The standard InChI is InChI=1S/C26H17Cl3N2O2S/c27-18-10-8-16(9-11-18)13-31-25(32)24(34-26(31)33)12-17-14-30(23-7-2-1-4-19(17)23)15-20-21(28)5-3-6-22(20)29/h1-12,14H,13,15H2/b24-12-. The van der Waals surface area contributed by atoms with E-state index in [9.17, 15) is 9.59 Å². The van der Waals surface area contributed by atoms with Gasteiger partial charge in [0.05, 0.1) is 18.0 Å². The van der Waals surface area contributed by atoms with Gasteiger partial charge in [-0.3, -0.25) is 14.5 Å². The molecular weight excluding hydrogens is 511 g/mol. The molecule has 2 heterocycles. The molecule has 34 heavy (non-hydrogen) atoms. The van der Waals surface area contributed by atoms with Gasteiger partial charge in [-0.25, -0.2) is 0 Å². The Hall–Kier alpha value is -2.70. The number of benzene rings is 3. The van der Waals surface area contributed by atoms with Crippen molar-refractivity contribution in [2.75, 3.05) is 0 Å². The van der Waals surface area contributed by atoms with Crippen LogP contribution >= 0.6 is 46.6 Å². The third kappa shape index (κ3) is 4.49. The Bertz CT molecular complexity index is 1440. The maximum Gasteiger partial charge on any atom is 0.293 e. The molecule has 0 bridgehead atoms. The monoisotopic (exact) mass is 526 g/mol. The van der Waals surface area contributed by atoms with Crippen LogP contribution in [0.2, 0.25) is 15.1 Å². The summed E-state index contributed by atoms with van der Waals surface area (Å²) in [6.45, 7) is 0.677. The lowest BCUT2D eigenvalue weighted by atomic mass is 10.1. The van der Waals surface area contributed by atoms with Crippen molar-refractivity contribution in [2.45, 2.75) is 13.1 Å². The van der Waals surface area contributed by atoms with E-state index in [1.807, 2.05) is 65.4 Å². The summed E-state index contributed by atoms with van der Waals surface area (Å²) in [5.74, 6) is -0.309. The van der Waals surface area contributed by atoms with Crippen molar-refractivity contribution >= 4 is 74.7 Å². The molecule has 1 fully saturated rings. The molecule has 1 aromatic heterocycles. The molecule has 5 rings (SSSR count). The molecular formula is C26H17Cl3N2O2S. The minimum absolute atomic E-state index is 0.200. The zero-order chi connectivity index (χ0) is 23.8. The van der Waals surface area contributed by atoms with Crippen molar-refractivity contribution in [3.8, 4) is 0 Å². The summed E-state index contributed by atoms with van der Waals surface area (Å²) >= 11 is 19.7. The lowest BCUT2D eigenvalue weighted by molar-refractivity contribution is -0.123. The molecule has 0 aliphatic carbocycles. The number of aromatic nitrogens is 1. The number of thioether (sulfide) groups is 1. The Labute approximate surface area is 215 Å². The molecule has 170 valence electrons. The van der Waals surface area contributed by atoms with Gasteiger partial charge in [0.15, 0.2) is 0 Å². The smallest absolute Gasteiger partial charge is 0.293 e. The number of hydrogen-bond donors (Lipinski definition) is 0. The number of para-hydroxylation sites is 1. The summed E-state index contributed by atoms with van der Waals surface area (Å²) in [5.41, 5.74) is 3.48. The van der Waals surface area contributed by atoms with E-state index >= 15 is 0 Å². The van der Waals surface area contributed by atoms with Crippen molar-refractivity contribution in [1.82, 2.24) is 9.47 Å². The lowest BCUT2D eigenvalue weighted by Gasteiger charge is -2.12. The number of halogens is 3. The molecule has 0 radical (unpaired) electrons. The number of rotatable bonds is 5. The fraction of sp³-hybridized carbons (Fsp3) is 0.0769. The Morgan fingerprint density at radius 3 is 2.26 bits per heavy atom. The second kappa shape index (κ2) is 9.51. The number of hydrogen-bond acceptors (Lipinski definition) is 3. The molecule has 8 heteroatoms. The van der Waals surface area contributed by atoms with E-state index in [1.165, 1.54) is 4.90 Å². The minimum Gasteiger partial charge on any atom is -0.342 e. The van der Waals surface area contributed by atoms with Gasteiger partial charge in [0.25, 0.3) is 11.1 Å². The van der Waals surface area contributed by atoms with Gasteiger partial charge in [-0.15, -0.1) is 0 Å². The van der Waals surface area contributed by atoms with Gasteiger partial charge in [0, 0.05) is 43.3 Å². The topological polar surface area (TPSA) is 42.3 Å². The number of nitrogens with zero attached hydrogens (tertiary/aromatic N) is 2. The summed E-state index contributed by atoms with van der Waals surface area (Å²) in [7, 11) is 0. The maximum absolute atomic E-state index is 13.1. The molecule has 0 spiro atoms. The first-order valence-corrected chi connectivity index (χ1v) is 12.4. The van der Waals surface area contributed by atoms with Crippen LogP contribution in [0.3, 0.4) is 0 Å². The summed E-state index contributed by atoms with van der Waals surface area (Å²) in [5, 5.41) is 2.46. The van der Waals surface area contributed by atoms with Crippen LogP contribution in [0.1, 0.15) is 16.7 Å². The van der Waals surface area contributed by atoms with E-state index < -0.39 is 0 Å². The SMILES string of the molecule is O=C1S/C(=C\c2cn(Cc3c(Cl)cccc3Cl)c3ccccc23)C(=O)N1Cc1ccc(Cl)cc1.